The summed E-state index contributed by atoms with van der Waals surface area (Å²) in [6.45, 7) is 2.19. The number of nitrogens with two attached hydrogens (primary N) is 1. The Morgan fingerprint density at radius 1 is 1.11 bits per heavy atom. The maximum absolute atomic E-state index is 15.1. The number of pyridine rings is 1. The van der Waals surface area contributed by atoms with E-state index in [9.17, 15) is 4.79 Å². The lowest BCUT2D eigenvalue weighted by atomic mass is 10.1. The van der Waals surface area contributed by atoms with Crippen molar-refractivity contribution in [2.75, 3.05) is 12.4 Å². The van der Waals surface area contributed by atoms with E-state index in [0.29, 0.717) is 28.0 Å². The fraction of sp³-hybridized carbons (Fsp3) is 0.346. The zero-order valence-electron chi connectivity index (χ0n) is 19.8. The number of aromatic nitrogens is 1. The van der Waals surface area contributed by atoms with Crippen molar-refractivity contribution in [2.45, 2.75) is 51.9 Å². The first-order chi connectivity index (χ1) is 16.8. The van der Waals surface area contributed by atoms with Crippen LogP contribution in [0, 0.1) is 5.82 Å². The van der Waals surface area contributed by atoms with Crippen LogP contribution in [0.15, 0.2) is 36.5 Å². The van der Waals surface area contributed by atoms with Gasteiger partial charge in [0.1, 0.15) is 16.5 Å². The molecule has 0 bridgehead atoms. The third kappa shape index (κ3) is 6.80. The number of carbonyl (C=O) groups is 1. The number of primary amides is 1. The van der Waals surface area contributed by atoms with Crippen molar-refractivity contribution >= 4 is 51.3 Å². The summed E-state index contributed by atoms with van der Waals surface area (Å²) < 4.78 is 26.2. The number of nitrogens with zero attached hydrogens (tertiary/aromatic N) is 1. The molecule has 186 valence electrons. The van der Waals surface area contributed by atoms with Crippen molar-refractivity contribution in [3.8, 4) is 17.2 Å². The minimum absolute atomic E-state index is 0.0775. The number of hydrogen-bond acceptors (Lipinski definition) is 5. The zero-order chi connectivity index (χ0) is 25.4. The van der Waals surface area contributed by atoms with Gasteiger partial charge >= 0.3 is 0 Å². The summed E-state index contributed by atoms with van der Waals surface area (Å²) in [5.74, 6) is -0.898. The maximum atomic E-state index is 15.1. The van der Waals surface area contributed by atoms with Crippen molar-refractivity contribution < 1.29 is 18.7 Å². The van der Waals surface area contributed by atoms with E-state index in [2.05, 4.69) is 17.2 Å². The van der Waals surface area contributed by atoms with Gasteiger partial charge in [0, 0.05) is 17.6 Å². The van der Waals surface area contributed by atoms with Gasteiger partial charge in [-0.15, -0.1) is 0 Å². The van der Waals surface area contributed by atoms with Crippen LogP contribution < -0.4 is 20.5 Å². The number of fused-ring (bicyclic) bond motifs is 1. The second kappa shape index (κ2) is 12.7. The first kappa shape index (κ1) is 26.6. The number of nitrogens with one attached hydrogen (secondary N) is 1. The number of halogens is 2. The molecule has 1 aromatic heterocycles. The molecule has 0 atom stereocenters. The van der Waals surface area contributed by atoms with Crippen molar-refractivity contribution in [2.24, 2.45) is 5.73 Å². The number of thiocarbonyl (C=S) groups is 1. The van der Waals surface area contributed by atoms with E-state index in [0.717, 1.165) is 12.8 Å². The number of methoxy groups -OCH3 is 1. The van der Waals surface area contributed by atoms with Gasteiger partial charge in [0.2, 0.25) is 0 Å². The fourth-order valence-electron chi connectivity index (χ4n) is 3.70. The van der Waals surface area contributed by atoms with E-state index in [1.807, 2.05) is 0 Å². The van der Waals surface area contributed by atoms with Crippen LogP contribution in [0.25, 0.3) is 10.9 Å². The molecule has 6 nitrogen and oxygen atoms in total. The Kier molecular flexibility index (Phi) is 9.63. The lowest BCUT2D eigenvalue weighted by Gasteiger charge is -2.15. The van der Waals surface area contributed by atoms with E-state index < -0.39 is 11.7 Å². The Balaban J connectivity index is 1.75. The zero-order valence-corrected chi connectivity index (χ0v) is 21.4. The first-order valence-corrected chi connectivity index (χ1v) is 12.4. The minimum Gasteiger partial charge on any atom is -0.496 e. The van der Waals surface area contributed by atoms with Gasteiger partial charge in [0.05, 0.1) is 28.9 Å². The molecule has 0 fully saturated rings. The van der Waals surface area contributed by atoms with E-state index >= 15 is 4.39 Å². The molecule has 0 radical (unpaired) electrons. The molecule has 2 aromatic carbocycles. The lowest BCUT2D eigenvalue weighted by Crippen LogP contribution is -2.12. The van der Waals surface area contributed by atoms with Crippen molar-refractivity contribution in [1.29, 1.82) is 0 Å². The van der Waals surface area contributed by atoms with Crippen LogP contribution in [0.1, 0.15) is 62.2 Å². The molecule has 3 N–H and O–H groups in total. The van der Waals surface area contributed by atoms with Crippen LogP contribution in [-0.2, 0) is 0 Å². The van der Waals surface area contributed by atoms with Gasteiger partial charge in [0.25, 0.3) is 5.91 Å². The minimum atomic E-state index is -0.729. The van der Waals surface area contributed by atoms with Gasteiger partial charge in [-0.05, 0) is 37.1 Å². The Bertz CT molecular complexity index is 1220. The molecule has 35 heavy (non-hydrogen) atoms. The Hall–Kier alpha value is -2.97. The van der Waals surface area contributed by atoms with Crippen LogP contribution in [0.4, 0.5) is 10.1 Å². The smallest absolute Gasteiger partial charge is 0.252 e. The molecule has 3 aromatic rings. The molecule has 3 rings (SSSR count). The van der Waals surface area contributed by atoms with Gasteiger partial charge in [-0.3, -0.25) is 9.78 Å². The molecule has 0 saturated heterocycles. The molecule has 1 heterocycles. The molecular weight excluding hydrogens is 489 g/mol. The predicted octanol–water partition coefficient (Wildman–Crippen LogP) is 7.42. The van der Waals surface area contributed by atoms with Gasteiger partial charge in [-0.2, -0.15) is 0 Å². The second-order valence-corrected chi connectivity index (χ2v) is 9.02. The predicted molar refractivity (Wildman–Crippen MR) is 143 cm³/mol. The highest BCUT2D eigenvalue weighted by Crippen LogP contribution is 2.37. The highest BCUT2D eigenvalue weighted by atomic mass is 35.5. The maximum Gasteiger partial charge on any atom is 0.252 e. The van der Waals surface area contributed by atoms with Gasteiger partial charge in [-0.25, -0.2) is 4.39 Å². The number of amides is 1. The number of hydrogen-bond donors (Lipinski definition) is 2. The summed E-state index contributed by atoms with van der Waals surface area (Å²) in [4.78, 5) is 16.7. The van der Waals surface area contributed by atoms with Crippen LogP contribution in [0.3, 0.4) is 0 Å². The first-order valence-electron chi connectivity index (χ1n) is 11.6. The number of carbonyl (C=O) groups excluding carboxylic acids is 1. The van der Waals surface area contributed by atoms with Crippen molar-refractivity contribution in [3.05, 3.63) is 52.9 Å². The van der Waals surface area contributed by atoms with Crippen molar-refractivity contribution in [1.82, 2.24) is 4.98 Å². The van der Waals surface area contributed by atoms with E-state index in [-0.39, 0.29) is 27.8 Å². The molecule has 9 heteroatoms. The molecule has 1 amide bonds. The van der Waals surface area contributed by atoms with Crippen LogP contribution in [0.2, 0.25) is 5.02 Å². The second-order valence-electron chi connectivity index (χ2n) is 8.15. The molecular formula is C26H29ClFN3O3S. The summed E-state index contributed by atoms with van der Waals surface area (Å²) in [7, 11) is 1.43. The van der Waals surface area contributed by atoms with E-state index in [1.54, 1.807) is 18.2 Å². The number of rotatable bonds is 12. The highest BCUT2D eigenvalue weighted by Gasteiger charge is 2.18. The van der Waals surface area contributed by atoms with Gasteiger partial charge in [0.15, 0.2) is 11.6 Å². The molecule has 0 aliphatic carbocycles. The number of ether oxygens (including phenoxy) is 2. The van der Waals surface area contributed by atoms with Crippen LogP contribution >= 0.6 is 23.8 Å². The van der Waals surface area contributed by atoms with Gasteiger partial charge in [-0.1, -0.05) is 62.8 Å². The lowest BCUT2D eigenvalue weighted by molar-refractivity contribution is 0.0997. The Morgan fingerprint density at radius 2 is 1.86 bits per heavy atom. The van der Waals surface area contributed by atoms with Crippen molar-refractivity contribution in [3.63, 3.8) is 0 Å². The Labute approximate surface area is 215 Å². The molecule has 0 unspecified atom stereocenters. The Morgan fingerprint density at radius 3 is 2.57 bits per heavy atom. The molecule has 0 saturated carbocycles. The number of unbranched alkanes of at least 4 members (excludes halogenated alkanes) is 5. The van der Waals surface area contributed by atoms with Crippen LogP contribution in [0.5, 0.6) is 17.2 Å². The van der Waals surface area contributed by atoms with Crippen LogP contribution in [-0.4, -0.2) is 23.0 Å². The number of benzene rings is 2. The summed E-state index contributed by atoms with van der Waals surface area (Å²) in [6, 6.07) is 7.74. The quantitative estimate of drug-likeness (QED) is 0.192. The SMILES string of the molecule is CCCCCCCCC(=S)Nc1ccc(Oc2ccnc3cc(OC)c(C(N)=O)cc23)c(F)c1Cl. The largest absolute Gasteiger partial charge is 0.496 e. The summed E-state index contributed by atoms with van der Waals surface area (Å²) in [6.07, 6.45) is 9.20. The third-order valence-electron chi connectivity index (χ3n) is 5.59. The molecule has 0 aliphatic rings. The van der Waals surface area contributed by atoms with Gasteiger partial charge < -0.3 is 20.5 Å². The highest BCUT2D eigenvalue weighted by molar-refractivity contribution is 7.80. The number of anilines is 1. The fourth-order valence-corrected chi connectivity index (χ4v) is 4.16. The summed E-state index contributed by atoms with van der Waals surface area (Å²) >= 11 is 11.7. The average molecular weight is 518 g/mol. The molecule has 0 aliphatic heterocycles. The van der Waals surface area contributed by atoms with E-state index in [4.69, 9.17) is 39.0 Å². The molecule has 0 spiro atoms. The summed E-state index contributed by atoms with van der Waals surface area (Å²) in [5, 5.41) is 3.39. The topological polar surface area (TPSA) is 86.5 Å². The standard InChI is InChI=1S/C26H29ClFN3O3S/c1-3-4-5-6-7-8-9-23(35)31-18-10-11-21(25(28)24(18)27)34-20-12-13-30-19-15-22(33-2)17(26(29)32)14-16(19)20/h10-15H,3-9H2,1-2H3,(H2,29,32)(H,31,35). The summed E-state index contributed by atoms with van der Waals surface area (Å²) in [5.41, 5.74) is 6.51. The average Bonchev–Trinajstić information content (AvgIpc) is 2.85. The monoisotopic (exact) mass is 517 g/mol. The third-order valence-corrected chi connectivity index (χ3v) is 6.26. The normalized spacial score (nSPS) is 10.9. The van der Waals surface area contributed by atoms with E-state index in [1.165, 1.54) is 51.1 Å².